The fourth-order valence-corrected chi connectivity index (χ4v) is 5.60. The summed E-state index contributed by atoms with van der Waals surface area (Å²) in [6, 6.07) is 16.3. The summed E-state index contributed by atoms with van der Waals surface area (Å²) in [5, 5.41) is 30.7. The van der Waals surface area contributed by atoms with Gasteiger partial charge in [-0.25, -0.2) is 4.98 Å². The van der Waals surface area contributed by atoms with Crippen molar-refractivity contribution in [3.8, 4) is 33.8 Å². The van der Waals surface area contributed by atoms with Gasteiger partial charge in [-0.15, -0.1) is 0 Å². The zero-order chi connectivity index (χ0) is 23.8. The maximum absolute atomic E-state index is 10.6. The minimum atomic E-state index is -1.06. The summed E-state index contributed by atoms with van der Waals surface area (Å²) in [6.45, 7) is 8.71. The quantitative estimate of drug-likeness (QED) is 0.575. The third kappa shape index (κ3) is 4.35. The molecule has 0 spiro atoms. The number of aliphatic hydroxyl groups is 1. The van der Waals surface area contributed by atoms with E-state index in [2.05, 4.69) is 34.2 Å². The van der Waals surface area contributed by atoms with E-state index in [0.29, 0.717) is 31.5 Å². The lowest BCUT2D eigenvalue weighted by Crippen LogP contribution is -2.50. The molecule has 3 aromatic rings. The van der Waals surface area contributed by atoms with Crippen molar-refractivity contribution >= 4 is 16.5 Å². The van der Waals surface area contributed by atoms with E-state index >= 15 is 0 Å². The van der Waals surface area contributed by atoms with Crippen molar-refractivity contribution in [2.24, 2.45) is 5.41 Å². The largest absolute Gasteiger partial charge is 0.389 e. The lowest BCUT2D eigenvalue weighted by atomic mass is 9.68. The lowest BCUT2D eigenvalue weighted by Gasteiger charge is -2.43. The third-order valence-corrected chi connectivity index (χ3v) is 7.66. The highest BCUT2D eigenvalue weighted by Gasteiger charge is 2.46. The number of benzene rings is 1. The number of pyridine rings is 1. The van der Waals surface area contributed by atoms with E-state index in [0.717, 1.165) is 38.2 Å². The normalized spacial score (nSPS) is 15.7. The van der Waals surface area contributed by atoms with Crippen LogP contribution in [0.2, 0.25) is 0 Å². The van der Waals surface area contributed by atoms with Crippen LogP contribution in [0.4, 0.5) is 5.13 Å². The van der Waals surface area contributed by atoms with Crippen molar-refractivity contribution in [3.63, 3.8) is 0 Å². The van der Waals surface area contributed by atoms with Gasteiger partial charge in [0.15, 0.2) is 5.13 Å². The molecule has 1 fully saturated rings. The third-order valence-electron chi connectivity index (χ3n) is 6.50. The highest BCUT2D eigenvalue weighted by molar-refractivity contribution is 7.19. The average molecular weight is 458 g/mol. The molecular weight excluding hydrogens is 430 g/mol. The van der Waals surface area contributed by atoms with Crippen molar-refractivity contribution in [1.82, 2.24) is 9.97 Å². The van der Waals surface area contributed by atoms with Gasteiger partial charge in [-0.2, -0.15) is 10.5 Å². The van der Waals surface area contributed by atoms with E-state index in [1.807, 2.05) is 32.0 Å². The van der Waals surface area contributed by atoms with E-state index in [-0.39, 0.29) is 0 Å². The molecule has 0 amide bonds. The number of rotatable bonds is 4. The van der Waals surface area contributed by atoms with Gasteiger partial charge >= 0.3 is 0 Å². The molecular formula is C26H27N5OS. The van der Waals surface area contributed by atoms with Crippen LogP contribution in [0.1, 0.15) is 43.6 Å². The summed E-state index contributed by atoms with van der Waals surface area (Å²) in [7, 11) is 0. The molecule has 0 radical (unpaired) electrons. The van der Waals surface area contributed by atoms with Gasteiger partial charge in [0.1, 0.15) is 0 Å². The summed E-state index contributed by atoms with van der Waals surface area (Å²) < 4.78 is 0. The van der Waals surface area contributed by atoms with Crippen molar-refractivity contribution in [2.75, 3.05) is 18.0 Å². The van der Waals surface area contributed by atoms with Crippen LogP contribution in [0.25, 0.3) is 21.7 Å². The molecule has 0 saturated carbocycles. The number of anilines is 1. The zero-order valence-corrected chi connectivity index (χ0v) is 20.2. The molecule has 33 heavy (non-hydrogen) atoms. The molecule has 1 aromatic carbocycles. The fraction of sp³-hybridized carbons (Fsp3) is 0.385. The van der Waals surface area contributed by atoms with E-state index in [4.69, 9.17) is 4.98 Å². The zero-order valence-electron chi connectivity index (χ0n) is 19.4. The van der Waals surface area contributed by atoms with Crippen LogP contribution in [-0.4, -0.2) is 33.8 Å². The van der Waals surface area contributed by atoms with Gasteiger partial charge in [0, 0.05) is 30.0 Å². The van der Waals surface area contributed by atoms with Gasteiger partial charge in [0.2, 0.25) is 0 Å². The summed E-state index contributed by atoms with van der Waals surface area (Å²) in [4.78, 5) is 12.8. The highest BCUT2D eigenvalue weighted by Crippen LogP contribution is 2.45. The Morgan fingerprint density at radius 2 is 1.70 bits per heavy atom. The molecule has 0 aliphatic carbocycles. The Kier molecular flexibility index (Phi) is 5.97. The molecule has 1 saturated heterocycles. The fourth-order valence-electron chi connectivity index (χ4n) is 4.48. The van der Waals surface area contributed by atoms with Crippen LogP contribution in [0.5, 0.6) is 0 Å². The highest BCUT2D eigenvalue weighted by atomic mass is 32.1. The molecule has 1 aliphatic rings. The topological polar surface area (TPSA) is 96.8 Å². The summed E-state index contributed by atoms with van der Waals surface area (Å²) in [5.74, 6) is 0. The molecule has 0 unspecified atom stereocenters. The minimum absolute atomic E-state index is 0.578. The molecule has 4 rings (SSSR count). The Balaban J connectivity index is 1.76. The van der Waals surface area contributed by atoms with Crippen LogP contribution < -0.4 is 4.90 Å². The number of hydrogen-bond acceptors (Lipinski definition) is 7. The second-order valence-corrected chi connectivity index (χ2v) is 10.2. The van der Waals surface area contributed by atoms with Crippen LogP contribution >= 0.6 is 11.3 Å². The first-order valence-corrected chi connectivity index (χ1v) is 11.8. The van der Waals surface area contributed by atoms with Crippen LogP contribution in [-0.2, 0) is 0 Å². The number of aryl methyl sites for hydroxylation is 2. The van der Waals surface area contributed by atoms with Gasteiger partial charge in [-0.1, -0.05) is 23.5 Å². The van der Waals surface area contributed by atoms with Crippen molar-refractivity contribution in [1.29, 1.82) is 10.5 Å². The minimum Gasteiger partial charge on any atom is -0.389 e. The smallest absolute Gasteiger partial charge is 0.186 e. The second kappa shape index (κ2) is 8.59. The number of piperidine rings is 1. The Morgan fingerprint density at radius 3 is 2.27 bits per heavy atom. The lowest BCUT2D eigenvalue weighted by molar-refractivity contribution is -0.0352. The Labute approximate surface area is 198 Å². The molecule has 1 N–H and O–H groups in total. The van der Waals surface area contributed by atoms with Gasteiger partial charge < -0.3 is 10.0 Å². The first kappa shape index (κ1) is 22.9. The number of hydrogen-bond donors (Lipinski definition) is 1. The molecule has 0 bridgehead atoms. The molecule has 6 nitrogen and oxygen atoms in total. The van der Waals surface area contributed by atoms with E-state index in [9.17, 15) is 15.6 Å². The maximum Gasteiger partial charge on any atom is 0.186 e. The number of nitriles is 2. The maximum atomic E-state index is 10.6. The second-order valence-electron chi connectivity index (χ2n) is 9.25. The summed E-state index contributed by atoms with van der Waals surface area (Å²) in [6.07, 6.45) is 1.16. The van der Waals surface area contributed by atoms with E-state index in [1.165, 1.54) is 0 Å². The van der Waals surface area contributed by atoms with E-state index in [1.54, 1.807) is 31.3 Å². The predicted octanol–water partition coefficient (Wildman–Crippen LogP) is 5.24. The SMILES string of the molecule is Cc1cc(-c2sc(N3CCC(C#N)(C(C)(C)O)CC3)nc2-c2cccc(C#N)c2)cc(C)n1. The van der Waals surface area contributed by atoms with Gasteiger partial charge in [0.25, 0.3) is 0 Å². The molecule has 3 heterocycles. The number of aromatic nitrogens is 2. The van der Waals surface area contributed by atoms with Gasteiger partial charge in [-0.05, 0) is 70.4 Å². The predicted molar refractivity (Wildman–Crippen MR) is 131 cm³/mol. The first-order chi connectivity index (χ1) is 15.7. The Bertz CT molecular complexity index is 1250. The first-order valence-electron chi connectivity index (χ1n) is 11.0. The van der Waals surface area contributed by atoms with E-state index < -0.39 is 11.0 Å². The Hall–Kier alpha value is -3.26. The standard InChI is InChI=1S/C26H27N5OS/c1-17-12-21(13-18(2)29-17)23-22(20-7-5-6-19(14-20)15-27)30-24(33-23)31-10-8-26(16-28,9-11-31)25(3,4)32/h5-7,12-14,32H,8-11H2,1-4H3. The van der Waals surface area contributed by atoms with Crippen molar-refractivity contribution in [2.45, 2.75) is 46.1 Å². The number of thiazole rings is 1. The van der Waals surface area contributed by atoms with Crippen molar-refractivity contribution < 1.29 is 5.11 Å². The molecule has 0 atom stereocenters. The molecule has 168 valence electrons. The van der Waals surface area contributed by atoms with Crippen LogP contribution in [0.15, 0.2) is 36.4 Å². The number of nitrogens with zero attached hydrogens (tertiary/aromatic N) is 5. The summed E-state index contributed by atoms with van der Waals surface area (Å²) >= 11 is 1.62. The molecule has 2 aromatic heterocycles. The Morgan fingerprint density at radius 1 is 1.03 bits per heavy atom. The van der Waals surface area contributed by atoms with Crippen LogP contribution in [0.3, 0.4) is 0 Å². The van der Waals surface area contributed by atoms with Crippen LogP contribution in [0, 0.1) is 41.9 Å². The molecule has 7 heteroatoms. The van der Waals surface area contributed by atoms with Gasteiger partial charge in [0.05, 0.1) is 39.3 Å². The van der Waals surface area contributed by atoms with Gasteiger partial charge in [-0.3, -0.25) is 4.98 Å². The monoisotopic (exact) mass is 457 g/mol. The average Bonchev–Trinajstić information content (AvgIpc) is 3.23. The van der Waals surface area contributed by atoms with Crippen molar-refractivity contribution in [3.05, 3.63) is 53.3 Å². The summed E-state index contributed by atoms with van der Waals surface area (Å²) in [5.41, 5.74) is 3.47. The molecule has 1 aliphatic heterocycles.